The van der Waals surface area contributed by atoms with Gasteiger partial charge in [0.25, 0.3) is 5.91 Å². The molecule has 2 rings (SSSR count). The minimum absolute atomic E-state index is 0.121. The summed E-state index contributed by atoms with van der Waals surface area (Å²) >= 11 is 0. The van der Waals surface area contributed by atoms with Crippen LogP contribution in [0.5, 0.6) is 5.75 Å². The highest BCUT2D eigenvalue weighted by molar-refractivity contribution is 5.97. The van der Waals surface area contributed by atoms with Crippen molar-refractivity contribution in [2.24, 2.45) is 0 Å². The van der Waals surface area contributed by atoms with Gasteiger partial charge in [-0.25, -0.2) is 0 Å². The van der Waals surface area contributed by atoms with Gasteiger partial charge in [-0.3, -0.25) is 4.79 Å². The monoisotopic (exact) mass is 286 g/mol. The van der Waals surface area contributed by atoms with Gasteiger partial charge in [0.05, 0.1) is 18.8 Å². The third kappa shape index (κ3) is 3.73. The average molecular weight is 286 g/mol. The molecule has 4 N–H and O–H groups in total. The van der Waals surface area contributed by atoms with Gasteiger partial charge in [0.2, 0.25) is 0 Å². The van der Waals surface area contributed by atoms with Gasteiger partial charge >= 0.3 is 0 Å². The second-order valence-corrected chi connectivity index (χ2v) is 4.60. The van der Waals surface area contributed by atoms with E-state index in [4.69, 9.17) is 10.5 Å². The third-order valence-corrected chi connectivity index (χ3v) is 3.11. The predicted octanol–water partition coefficient (Wildman–Crippen LogP) is 1.74. The lowest BCUT2D eigenvalue weighted by Gasteiger charge is -2.13. The van der Waals surface area contributed by atoms with Crippen molar-refractivity contribution in [3.63, 3.8) is 0 Å². The molecule has 0 aliphatic heterocycles. The van der Waals surface area contributed by atoms with Gasteiger partial charge in [-0.2, -0.15) is 0 Å². The highest BCUT2D eigenvalue weighted by Crippen LogP contribution is 2.21. The van der Waals surface area contributed by atoms with Crippen LogP contribution in [-0.2, 0) is 0 Å². The fraction of sp³-hybridized carbons (Fsp3) is 0.188. The minimum Gasteiger partial charge on any atom is -0.496 e. The first kappa shape index (κ1) is 14.9. The van der Waals surface area contributed by atoms with Gasteiger partial charge in [0.15, 0.2) is 0 Å². The van der Waals surface area contributed by atoms with Crippen molar-refractivity contribution >= 4 is 11.6 Å². The van der Waals surface area contributed by atoms with E-state index in [0.29, 0.717) is 17.0 Å². The van der Waals surface area contributed by atoms with Gasteiger partial charge in [0.1, 0.15) is 5.75 Å². The number of methoxy groups -OCH3 is 1. The molecule has 21 heavy (non-hydrogen) atoms. The predicted molar refractivity (Wildman–Crippen MR) is 81.1 cm³/mol. The highest BCUT2D eigenvalue weighted by atomic mass is 16.5. The topological polar surface area (TPSA) is 84.6 Å². The Morgan fingerprint density at radius 3 is 2.67 bits per heavy atom. The number of amides is 1. The number of carbonyl (C=O) groups excluding carboxylic acids is 1. The quantitative estimate of drug-likeness (QED) is 0.731. The summed E-state index contributed by atoms with van der Waals surface area (Å²) < 4.78 is 5.14. The Labute approximate surface area is 123 Å². The van der Waals surface area contributed by atoms with Crippen LogP contribution in [0.1, 0.15) is 22.0 Å². The maximum atomic E-state index is 12.1. The molecular formula is C16H18N2O3. The summed E-state index contributed by atoms with van der Waals surface area (Å²) in [5.41, 5.74) is 7.30. The van der Waals surface area contributed by atoms with Crippen LogP contribution >= 0.6 is 0 Å². The molecule has 0 aliphatic rings. The summed E-state index contributed by atoms with van der Waals surface area (Å²) in [6, 6.07) is 14.0. The Balaban J connectivity index is 2.02. The number of ether oxygens (including phenoxy) is 1. The maximum absolute atomic E-state index is 12.1. The van der Waals surface area contributed by atoms with Crippen molar-refractivity contribution < 1.29 is 14.6 Å². The molecule has 1 unspecified atom stereocenters. The van der Waals surface area contributed by atoms with E-state index in [1.54, 1.807) is 30.3 Å². The van der Waals surface area contributed by atoms with Gasteiger partial charge in [-0.1, -0.05) is 30.3 Å². The summed E-state index contributed by atoms with van der Waals surface area (Å²) in [4.78, 5) is 12.1. The zero-order chi connectivity index (χ0) is 15.2. The standard InChI is InChI=1S/C16H18N2O3/c1-21-15-9-12(17)7-8-13(15)16(20)18-10-14(19)11-5-3-2-4-6-11/h2-9,14,19H,10,17H2,1H3,(H,18,20). The van der Waals surface area contributed by atoms with Crippen molar-refractivity contribution in [2.75, 3.05) is 19.4 Å². The number of anilines is 1. The van der Waals surface area contributed by atoms with Gasteiger partial charge < -0.3 is 20.9 Å². The molecule has 5 nitrogen and oxygen atoms in total. The van der Waals surface area contributed by atoms with E-state index in [2.05, 4.69) is 5.32 Å². The average Bonchev–Trinajstić information content (AvgIpc) is 2.52. The molecule has 1 atom stereocenters. The van der Waals surface area contributed by atoms with Crippen LogP contribution in [-0.4, -0.2) is 24.7 Å². The zero-order valence-corrected chi connectivity index (χ0v) is 11.7. The molecule has 0 fully saturated rings. The molecule has 110 valence electrons. The largest absolute Gasteiger partial charge is 0.496 e. The summed E-state index contributed by atoms with van der Waals surface area (Å²) in [6.45, 7) is 0.121. The Kier molecular flexibility index (Phi) is 4.79. The smallest absolute Gasteiger partial charge is 0.255 e. The number of hydrogen-bond donors (Lipinski definition) is 3. The lowest BCUT2D eigenvalue weighted by molar-refractivity contribution is 0.0913. The Hall–Kier alpha value is -2.53. The normalized spacial score (nSPS) is 11.7. The molecule has 1 amide bonds. The van der Waals surface area contributed by atoms with Crippen molar-refractivity contribution in [2.45, 2.75) is 6.10 Å². The number of nitrogens with one attached hydrogen (secondary N) is 1. The number of carbonyl (C=O) groups is 1. The molecule has 0 saturated carbocycles. The Bertz CT molecular complexity index is 614. The van der Waals surface area contributed by atoms with Crippen LogP contribution in [0.3, 0.4) is 0 Å². The molecule has 2 aromatic carbocycles. The Morgan fingerprint density at radius 1 is 1.29 bits per heavy atom. The van der Waals surface area contributed by atoms with Crippen LogP contribution in [0, 0.1) is 0 Å². The molecule has 0 aromatic heterocycles. The first-order valence-corrected chi connectivity index (χ1v) is 6.56. The molecule has 0 aliphatic carbocycles. The van der Waals surface area contributed by atoms with E-state index in [-0.39, 0.29) is 12.5 Å². The number of nitrogens with two attached hydrogens (primary N) is 1. The molecule has 0 heterocycles. The van der Waals surface area contributed by atoms with Gasteiger partial charge in [-0.15, -0.1) is 0 Å². The van der Waals surface area contributed by atoms with Gasteiger partial charge in [-0.05, 0) is 17.7 Å². The second-order valence-electron chi connectivity index (χ2n) is 4.60. The Morgan fingerprint density at radius 2 is 2.00 bits per heavy atom. The SMILES string of the molecule is COc1cc(N)ccc1C(=O)NCC(O)c1ccccc1. The number of nitrogen functional groups attached to an aromatic ring is 1. The lowest BCUT2D eigenvalue weighted by Crippen LogP contribution is -2.28. The van der Waals surface area contributed by atoms with Crippen molar-refractivity contribution in [1.82, 2.24) is 5.32 Å². The van der Waals surface area contributed by atoms with Crippen molar-refractivity contribution in [1.29, 1.82) is 0 Å². The number of benzene rings is 2. The number of aliphatic hydroxyl groups excluding tert-OH is 1. The first-order valence-electron chi connectivity index (χ1n) is 6.56. The third-order valence-electron chi connectivity index (χ3n) is 3.11. The van der Waals surface area contributed by atoms with E-state index in [1.165, 1.54) is 7.11 Å². The summed E-state index contributed by atoms with van der Waals surface area (Å²) in [5.74, 6) is 0.0866. The van der Waals surface area contributed by atoms with E-state index >= 15 is 0 Å². The van der Waals surface area contributed by atoms with Crippen LogP contribution in [0.15, 0.2) is 48.5 Å². The number of rotatable bonds is 5. The van der Waals surface area contributed by atoms with E-state index < -0.39 is 6.10 Å². The van der Waals surface area contributed by atoms with Crippen LogP contribution < -0.4 is 15.8 Å². The number of hydrogen-bond acceptors (Lipinski definition) is 4. The highest BCUT2D eigenvalue weighted by Gasteiger charge is 2.14. The molecule has 0 saturated heterocycles. The molecule has 0 radical (unpaired) electrons. The molecule has 0 bridgehead atoms. The summed E-state index contributed by atoms with van der Waals surface area (Å²) in [5, 5.41) is 12.7. The van der Waals surface area contributed by atoms with Crippen molar-refractivity contribution in [3.8, 4) is 5.75 Å². The van der Waals surface area contributed by atoms with E-state index in [9.17, 15) is 9.90 Å². The molecule has 2 aromatic rings. The second kappa shape index (κ2) is 6.76. The van der Waals surface area contributed by atoms with Crippen LogP contribution in [0.4, 0.5) is 5.69 Å². The zero-order valence-electron chi connectivity index (χ0n) is 11.7. The first-order chi connectivity index (χ1) is 10.1. The molecule has 5 heteroatoms. The lowest BCUT2D eigenvalue weighted by atomic mass is 10.1. The van der Waals surface area contributed by atoms with Gasteiger partial charge in [0, 0.05) is 18.3 Å². The molecular weight excluding hydrogens is 268 g/mol. The van der Waals surface area contributed by atoms with E-state index in [0.717, 1.165) is 5.56 Å². The molecule has 0 spiro atoms. The maximum Gasteiger partial charge on any atom is 0.255 e. The van der Waals surface area contributed by atoms with Crippen LogP contribution in [0.25, 0.3) is 0 Å². The summed E-state index contributed by atoms with van der Waals surface area (Å²) in [6.07, 6.45) is -0.755. The number of aliphatic hydroxyl groups is 1. The fourth-order valence-electron chi connectivity index (χ4n) is 1.97. The fourth-order valence-corrected chi connectivity index (χ4v) is 1.97. The minimum atomic E-state index is -0.755. The van der Waals surface area contributed by atoms with E-state index in [1.807, 2.05) is 18.2 Å². The van der Waals surface area contributed by atoms with Crippen LogP contribution in [0.2, 0.25) is 0 Å². The summed E-state index contributed by atoms with van der Waals surface area (Å²) in [7, 11) is 1.48. The van der Waals surface area contributed by atoms with Crippen molar-refractivity contribution in [3.05, 3.63) is 59.7 Å².